The van der Waals surface area contributed by atoms with Crippen LogP contribution in [0.2, 0.25) is 0 Å². The number of amides is 3. The van der Waals surface area contributed by atoms with Gasteiger partial charge in [0.25, 0.3) is 17.7 Å². The summed E-state index contributed by atoms with van der Waals surface area (Å²) in [5, 5.41) is 11.5. The number of benzene rings is 1. The molecule has 1 aliphatic rings. The van der Waals surface area contributed by atoms with E-state index in [9.17, 15) is 19.2 Å². The molecule has 1 aliphatic heterocycles. The lowest BCUT2D eigenvalue weighted by molar-refractivity contribution is -0.139. The zero-order valence-corrected chi connectivity index (χ0v) is 12.8. The van der Waals surface area contributed by atoms with E-state index < -0.39 is 29.7 Å². The largest absolute Gasteiger partial charge is 0.480 e. The molecule has 1 unspecified atom stereocenters. The third kappa shape index (κ3) is 3.13. The van der Waals surface area contributed by atoms with Crippen molar-refractivity contribution in [1.82, 2.24) is 10.2 Å². The zero-order chi connectivity index (χ0) is 17.3. The Morgan fingerprint density at radius 1 is 1.26 bits per heavy atom. The van der Waals surface area contributed by atoms with Crippen LogP contribution in [0.5, 0.6) is 0 Å². The van der Waals surface area contributed by atoms with Crippen LogP contribution in [-0.2, 0) is 4.79 Å². The molecule has 0 saturated carbocycles. The molecule has 1 atom stereocenters. The summed E-state index contributed by atoms with van der Waals surface area (Å²) >= 11 is 0. The number of carboxylic acids is 1. The second-order valence-electron chi connectivity index (χ2n) is 5.46. The fourth-order valence-electron chi connectivity index (χ4n) is 2.29. The number of hydrogen-bond donors (Lipinski definition) is 2. The van der Waals surface area contributed by atoms with Crippen molar-refractivity contribution < 1.29 is 24.3 Å². The molecule has 0 fully saturated rings. The lowest BCUT2D eigenvalue weighted by Gasteiger charge is -2.14. The van der Waals surface area contributed by atoms with Gasteiger partial charge in [0.1, 0.15) is 6.04 Å². The first-order valence-corrected chi connectivity index (χ1v) is 6.87. The minimum Gasteiger partial charge on any atom is -0.480 e. The van der Waals surface area contributed by atoms with Crippen LogP contribution in [-0.4, -0.2) is 46.8 Å². The summed E-state index contributed by atoms with van der Waals surface area (Å²) < 4.78 is 0. The lowest BCUT2D eigenvalue weighted by Crippen LogP contribution is -2.40. The molecule has 3 amide bonds. The van der Waals surface area contributed by atoms with Crippen LogP contribution in [0.15, 0.2) is 30.4 Å². The first-order valence-electron chi connectivity index (χ1n) is 6.87. The van der Waals surface area contributed by atoms with Gasteiger partial charge in [0.2, 0.25) is 0 Å². The van der Waals surface area contributed by atoms with Gasteiger partial charge in [-0.25, -0.2) is 4.79 Å². The van der Waals surface area contributed by atoms with E-state index in [1.807, 2.05) is 0 Å². The SMILES string of the molecule is C=C(C)CC(NC(=O)c1ccc2c(c1)C(=O)N(C)C2=O)C(=O)O. The van der Waals surface area contributed by atoms with Crippen molar-refractivity contribution >= 4 is 23.7 Å². The Bertz CT molecular complexity index is 738. The molecule has 0 aliphatic carbocycles. The van der Waals surface area contributed by atoms with Crippen LogP contribution in [0.25, 0.3) is 0 Å². The Morgan fingerprint density at radius 3 is 2.43 bits per heavy atom. The van der Waals surface area contributed by atoms with Crippen molar-refractivity contribution in [2.75, 3.05) is 7.05 Å². The fraction of sp³-hybridized carbons (Fsp3) is 0.250. The molecule has 120 valence electrons. The van der Waals surface area contributed by atoms with E-state index in [0.717, 1.165) is 4.90 Å². The van der Waals surface area contributed by atoms with Crippen LogP contribution in [0, 0.1) is 0 Å². The molecule has 0 radical (unpaired) electrons. The molecule has 1 aromatic rings. The van der Waals surface area contributed by atoms with Crippen LogP contribution in [0.4, 0.5) is 0 Å². The minimum atomic E-state index is -1.17. The van der Waals surface area contributed by atoms with E-state index >= 15 is 0 Å². The summed E-state index contributed by atoms with van der Waals surface area (Å²) in [6, 6.07) is 2.97. The summed E-state index contributed by atoms with van der Waals surface area (Å²) in [5.41, 5.74) is 1.10. The van der Waals surface area contributed by atoms with Crippen LogP contribution < -0.4 is 5.32 Å². The van der Waals surface area contributed by atoms with E-state index in [4.69, 9.17) is 5.11 Å². The van der Waals surface area contributed by atoms with Crippen molar-refractivity contribution in [1.29, 1.82) is 0 Å². The molecule has 0 aromatic heterocycles. The maximum atomic E-state index is 12.2. The summed E-state index contributed by atoms with van der Waals surface area (Å²) in [4.78, 5) is 48.0. The first kappa shape index (κ1) is 16.4. The van der Waals surface area contributed by atoms with E-state index in [0.29, 0.717) is 5.57 Å². The standard InChI is InChI=1S/C16H16N2O5/c1-8(2)6-12(16(22)23)17-13(19)9-4-5-10-11(7-9)15(21)18(3)14(10)20/h4-5,7,12H,1,6H2,2-3H3,(H,17,19)(H,22,23). The number of aliphatic carboxylic acids is 1. The van der Waals surface area contributed by atoms with Crippen molar-refractivity contribution in [3.63, 3.8) is 0 Å². The highest BCUT2D eigenvalue weighted by Gasteiger charge is 2.33. The molecule has 2 rings (SSSR count). The Hall–Kier alpha value is -2.96. The van der Waals surface area contributed by atoms with E-state index in [1.165, 1.54) is 25.2 Å². The average Bonchev–Trinajstić information content (AvgIpc) is 2.70. The Balaban J connectivity index is 2.25. The second kappa shape index (κ2) is 6.04. The van der Waals surface area contributed by atoms with Gasteiger partial charge < -0.3 is 10.4 Å². The number of imide groups is 1. The van der Waals surface area contributed by atoms with Gasteiger partial charge in [0, 0.05) is 12.6 Å². The molecule has 0 saturated heterocycles. The first-order chi connectivity index (χ1) is 10.7. The number of fused-ring (bicyclic) bond motifs is 1. The molecule has 2 N–H and O–H groups in total. The fourth-order valence-corrected chi connectivity index (χ4v) is 2.29. The number of hydrogen-bond acceptors (Lipinski definition) is 4. The third-order valence-electron chi connectivity index (χ3n) is 3.51. The number of carbonyl (C=O) groups excluding carboxylic acids is 3. The number of nitrogens with one attached hydrogen (secondary N) is 1. The highest BCUT2D eigenvalue weighted by Crippen LogP contribution is 2.22. The highest BCUT2D eigenvalue weighted by molar-refractivity contribution is 6.21. The van der Waals surface area contributed by atoms with Gasteiger partial charge in [0.15, 0.2) is 0 Å². The van der Waals surface area contributed by atoms with Gasteiger partial charge in [-0.3, -0.25) is 19.3 Å². The van der Waals surface area contributed by atoms with Crippen molar-refractivity contribution in [3.8, 4) is 0 Å². The number of rotatable bonds is 5. The maximum absolute atomic E-state index is 12.2. The summed E-state index contributed by atoms with van der Waals surface area (Å²) in [6.07, 6.45) is 0.103. The third-order valence-corrected chi connectivity index (χ3v) is 3.51. The van der Waals surface area contributed by atoms with Crippen LogP contribution in [0.3, 0.4) is 0 Å². The Labute approximate surface area is 132 Å². The Morgan fingerprint density at radius 2 is 1.87 bits per heavy atom. The summed E-state index contributed by atoms with van der Waals surface area (Å²) in [7, 11) is 1.36. The van der Waals surface area contributed by atoms with Gasteiger partial charge in [-0.1, -0.05) is 5.57 Å². The molecule has 23 heavy (non-hydrogen) atoms. The van der Waals surface area contributed by atoms with Crippen molar-refractivity contribution in [2.24, 2.45) is 0 Å². The molecule has 0 bridgehead atoms. The van der Waals surface area contributed by atoms with Gasteiger partial charge in [0.05, 0.1) is 11.1 Å². The molecule has 0 spiro atoms. The van der Waals surface area contributed by atoms with Gasteiger partial charge in [-0.05, 0) is 31.5 Å². The lowest BCUT2D eigenvalue weighted by atomic mass is 10.0. The second-order valence-corrected chi connectivity index (χ2v) is 5.46. The predicted octanol–water partition coefficient (Wildman–Crippen LogP) is 1.06. The monoisotopic (exact) mass is 316 g/mol. The smallest absolute Gasteiger partial charge is 0.326 e. The van der Waals surface area contributed by atoms with Gasteiger partial charge >= 0.3 is 5.97 Å². The Kier molecular flexibility index (Phi) is 4.31. The zero-order valence-electron chi connectivity index (χ0n) is 12.8. The molecule has 7 nitrogen and oxygen atoms in total. The summed E-state index contributed by atoms with van der Waals surface area (Å²) in [6.45, 7) is 5.29. The van der Waals surface area contributed by atoms with Crippen LogP contribution >= 0.6 is 0 Å². The molecule has 1 aromatic carbocycles. The molecule has 1 heterocycles. The predicted molar refractivity (Wildman–Crippen MR) is 81.2 cm³/mol. The van der Waals surface area contributed by atoms with Crippen molar-refractivity contribution in [2.45, 2.75) is 19.4 Å². The topological polar surface area (TPSA) is 104 Å². The molecular weight excluding hydrogens is 300 g/mol. The van der Waals surface area contributed by atoms with Gasteiger partial charge in [-0.15, -0.1) is 6.58 Å². The average molecular weight is 316 g/mol. The van der Waals surface area contributed by atoms with E-state index in [-0.39, 0.29) is 23.1 Å². The number of nitrogens with zero attached hydrogens (tertiary/aromatic N) is 1. The minimum absolute atomic E-state index is 0.103. The number of carbonyl (C=O) groups is 4. The highest BCUT2D eigenvalue weighted by atomic mass is 16.4. The van der Waals surface area contributed by atoms with Crippen LogP contribution in [0.1, 0.15) is 44.4 Å². The molecular formula is C16H16N2O5. The number of carboxylic acid groups (broad SMARTS) is 1. The van der Waals surface area contributed by atoms with Gasteiger partial charge in [-0.2, -0.15) is 0 Å². The normalized spacial score (nSPS) is 14.4. The van der Waals surface area contributed by atoms with Crippen molar-refractivity contribution in [3.05, 3.63) is 47.0 Å². The molecule has 7 heteroatoms. The van der Waals surface area contributed by atoms with E-state index in [1.54, 1.807) is 6.92 Å². The summed E-state index contributed by atoms with van der Waals surface area (Å²) in [5.74, 6) is -2.72. The maximum Gasteiger partial charge on any atom is 0.326 e. The quantitative estimate of drug-likeness (QED) is 0.624. The van der Waals surface area contributed by atoms with E-state index in [2.05, 4.69) is 11.9 Å².